The van der Waals surface area contributed by atoms with Crippen LogP contribution in [0.25, 0.3) is 0 Å². The first-order valence-corrected chi connectivity index (χ1v) is 7.29. The first-order valence-electron chi connectivity index (χ1n) is 7.29. The smallest absolute Gasteiger partial charge is 0.0221 e. The van der Waals surface area contributed by atoms with Gasteiger partial charge in [0.05, 0.1) is 0 Å². The molecule has 0 aromatic carbocycles. The third-order valence-electron chi connectivity index (χ3n) is 4.04. The predicted molar refractivity (Wildman–Crippen MR) is 71.6 cm³/mol. The summed E-state index contributed by atoms with van der Waals surface area (Å²) in [5.74, 6) is 0. The summed E-state index contributed by atoms with van der Waals surface area (Å²) < 4.78 is 0. The van der Waals surface area contributed by atoms with E-state index in [1.807, 2.05) is 0 Å². The number of rotatable bonds is 7. The summed E-state index contributed by atoms with van der Waals surface area (Å²) in [6.07, 6.45) is 11.0. The molecule has 16 heavy (non-hydrogen) atoms. The maximum Gasteiger partial charge on any atom is 0.0221 e. The van der Waals surface area contributed by atoms with Crippen LogP contribution < -0.4 is 5.73 Å². The lowest BCUT2D eigenvalue weighted by atomic mass is 9.92. The Morgan fingerprint density at radius 3 is 2.38 bits per heavy atom. The van der Waals surface area contributed by atoms with Crippen LogP contribution in [-0.4, -0.2) is 30.1 Å². The maximum atomic E-state index is 5.96. The van der Waals surface area contributed by atoms with Crippen LogP contribution in [-0.2, 0) is 0 Å². The van der Waals surface area contributed by atoms with E-state index in [0.717, 1.165) is 12.6 Å². The Morgan fingerprint density at radius 1 is 1.19 bits per heavy atom. The van der Waals surface area contributed by atoms with Crippen molar-refractivity contribution in [3.05, 3.63) is 0 Å². The van der Waals surface area contributed by atoms with Gasteiger partial charge in [0, 0.05) is 18.6 Å². The van der Waals surface area contributed by atoms with Crippen molar-refractivity contribution in [2.45, 2.75) is 77.3 Å². The van der Waals surface area contributed by atoms with E-state index in [1.165, 1.54) is 57.9 Å². The van der Waals surface area contributed by atoms with Crippen LogP contribution in [0.5, 0.6) is 0 Å². The van der Waals surface area contributed by atoms with E-state index in [4.69, 9.17) is 5.73 Å². The second-order valence-corrected chi connectivity index (χ2v) is 5.15. The molecule has 1 unspecified atom stereocenters. The standard InChI is InChI=1S/C14H30N2/c1-3-5-9-14(12-15)16(4-2)13-10-7-6-8-11-13/h13-14H,3-12,15H2,1-2H3. The van der Waals surface area contributed by atoms with Gasteiger partial charge in [-0.25, -0.2) is 0 Å². The summed E-state index contributed by atoms with van der Waals surface area (Å²) in [7, 11) is 0. The van der Waals surface area contributed by atoms with Gasteiger partial charge >= 0.3 is 0 Å². The molecule has 2 nitrogen and oxygen atoms in total. The van der Waals surface area contributed by atoms with Gasteiger partial charge in [0.15, 0.2) is 0 Å². The molecule has 0 radical (unpaired) electrons. The van der Waals surface area contributed by atoms with Crippen molar-refractivity contribution in [2.24, 2.45) is 5.73 Å². The first-order chi connectivity index (χ1) is 7.83. The molecule has 0 bridgehead atoms. The molecule has 2 heteroatoms. The van der Waals surface area contributed by atoms with E-state index in [9.17, 15) is 0 Å². The van der Waals surface area contributed by atoms with Crippen LogP contribution in [0.1, 0.15) is 65.2 Å². The zero-order valence-electron chi connectivity index (χ0n) is 11.3. The monoisotopic (exact) mass is 226 g/mol. The largest absolute Gasteiger partial charge is 0.329 e. The zero-order chi connectivity index (χ0) is 11.8. The minimum absolute atomic E-state index is 0.632. The molecule has 0 saturated heterocycles. The van der Waals surface area contributed by atoms with Gasteiger partial charge in [-0.3, -0.25) is 4.90 Å². The highest BCUT2D eigenvalue weighted by Gasteiger charge is 2.24. The minimum Gasteiger partial charge on any atom is -0.329 e. The van der Waals surface area contributed by atoms with Crippen molar-refractivity contribution in [1.29, 1.82) is 0 Å². The number of nitrogens with zero attached hydrogens (tertiary/aromatic N) is 1. The van der Waals surface area contributed by atoms with E-state index in [2.05, 4.69) is 18.7 Å². The average molecular weight is 226 g/mol. The summed E-state index contributed by atoms with van der Waals surface area (Å²) in [4.78, 5) is 2.69. The van der Waals surface area contributed by atoms with Crippen molar-refractivity contribution in [3.63, 3.8) is 0 Å². The molecule has 1 aliphatic carbocycles. The Morgan fingerprint density at radius 2 is 1.88 bits per heavy atom. The molecule has 2 N–H and O–H groups in total. The summed E-state index contributed by atoms with van der Waals surface area (Å²) >= 11 is 0. The van der Waals surface area contributed by atoms with Crippen LogP contribution in [0.3, 0.4) is 0 Å². The summed E-state index contributed by atoms with van der Waals surface area (Å²) in [5, 5.41) is 0. The van der Waals surface area contributed by atoms with Gasteiger partial charge in [-0.2, -0.15) is 0 Å². The van der Waals surface area contributed by atoms with Crippen molar-refractivity contribution >= 4 is 0 Å². The minimum atomic E-state index is 0.632. The second kappa shape index (κ2) is 8.08. The van der Waals surface area contributed by atoms with E-state index in [0.29, 0.717) is 6.04 Å². The van der Waals surface area contributed by atoms with Gasteiger partial charge in [-0.05, 0) is 25.8 Å². The highest BCUT2D eigenvalue weighted by Crippen LogP contribution is 2.25. The maximum absolute atomic E-state index is 5.96. The normalized spacial score (nSPS) is 20.2. The van der Waals surface area contributed by atoms with Crippen LogP contribution in [0.4, 0.5) is 0 Å². The molecule has 1 atom stereocenters. The predicted octanol–water partition coefficient (Wildman–Crippen LogP) is 3.16. The lowest BCUT2D eigenvalue weighted by Gasteiger charge is -2.39. The Balaban J connectivity index is 2.47. The lowest BCUT2D eigenvalue weighted by molar-refractivity contribution is 0.107. The molecular weight excluding hydrogens is 196 g/mol. The molecule has 96 valence electrons. The summed E-state index contributed by atoms with van der Waals surface area (Å²) in [6, 6.07) is 1.46. The van der Waals surface area contributed by atoms with E-state index in [-0.39, 0.29) is 0 Å². The average Bonchev–Trinajstić information content (AvgIpc) is 2.35. The van der Waals surface area contributed by atoms with Crippen molar-refractivity contribution in [3.8, 4) is 0 Å². The van der Waals surface area contributed by atoms with Crippen molar-refractivity contribution in [2.75, 3.05) is 13.1 Å². The fourth-order valence-corrected chi connectivity index (χ4v) is 3.09. The highest BCUT2D eigenvalue weighted by atomic mass is 15.2. The Labute approximate surface area is 102 Å². The number of unbranched alkanes of at least 4 members (excludes halogenated alkanes) is 1. The summed E-state index contributed by atoms with van der Waals surface area (Å²) in [5.41, 5.74) is 5.96. The van der Waals surface area contributed by atoms with Crippen LogP contribution in [0.2, 0.25) is 0 Å². The molecule has 0 aromatic rings. The molecule has 0 aliphatic heterocycles. The molecule has 0 spiro atoms. The van der Waals surface area contributed by atoms with Gasteiger partial charge < -0.3 is 5.73 Å². The van der Waals surface area contributed by atoms with Gasteiger partial charge in [0.2, 0.25) is 0 Å². The fraction of sp³-hybridized carbons (Fsp3) is 1.00. The molecule has 0 heterocycles. The van der Waals surface area contributed by atoms with Gasteiger partial charge in [0.25, 0.3) is 0 Å². The van der Waals surface area contributed by atoms with Crippen LogP contribution >= 0.6 is 0 Å². The number of hydrogen-bond donors (Lipinski definition) is 1. The van der Waals surface area contributed by atoms with Gasteiger partial charge in [-0.1, -0.05) is 46.0 Å². The van der Waals surface area contributed by atoms with Crippen LogP contribution in [0, 0.1) is 0 Å². The molecule has 1 saturated carbocycles. The molecule has 0 aromatic heterocycles. The molecule has 1 rings (SSSR count). The summed E-state index contributed by atoms with van der Waals surface area (Å²) in [6.45, 7) is 6.58. The Hall–Kier alpha value is -0.0800. The second-order valence-electron chi connectivity index (χ2n) is 5.15. The quantitative estimate of drug-likeness (QED) is 0.722. The van der Waals surface area contributed by atoms with Crippen LogP contribution in [0.15, 0.2) is 0 Å². The third kappa shape index (κ3) is 4.06. The number of hydrogen-bond acceptors (Lipinski definition) is 2. The van der Waals surface area contributed by atoms with E-state index >= 15 is 0 Å². The van der Waals surface area contributed by atoms with Gasteiger partial charge in [0.1, 0.15) is 0 Å². The van der Waals surface area contributed by atoms with E-state index < -0.39 is 0 Å². The van der Waals surface area contributed by atoms with Crippen molar-refractivity contribution < 1.29 is 0 Å². The fourth-order valence-electron chi connectivity index (χ4n) is 3.09. The Bertz CT molecular complexity index is 164. The topological polar surface area (TPSA) is 29.3 Å². The number of nitrogens with two attached hydrogens (primary N) is 1. The van der Waals surface area contributed by atoms with Crippen molar-refractivity contribution in [1.82, 2.24) is 4.90 Å². The first kappa shape index (κ1) is 14.0. The molecule has 0 amide bonds. The molecule has 1 aliphatic rings. The number of likely N-dealkylation sites (N-methyl/N-ethyl adjacent to an activating group) is 1. The third-order valence-corrected chi connectivity index (χ3v) is 4.04. The lowest BCUT2D eigenvalue weighted by Crippen LogP contribution is -2.47. The Kier molecular flexibility index (Phi) is 7.06. The molecular formula is C14H30N2. The molecule has 1 fully saturated rings. The highest BCUT2D eigenvalue weighted by molar-refractivity contribution is 4.81. The van der Waals surface area contributed by atoms with E-state index in [1.54, 1.807) is 0 Å². The van der Waals surface area contributed by atoms with Gasteiger partial charge in [-0.15, -0.1) is 0 Å². The SMILES string of the molecule is CCCCC(CN)N(CC)C1CCCCC1. The zero-order valence-corrected chi connectivity index (χ0v) is 11.3.